The van der Waals surface area contributed by atoms with E-state index < -0.39 is 23.7 Å². The van der Waals surface area contributed by atoms with Crippen LogP contribution in [0, 0.1) is 0 Å². The number of alkyl halides is 3. The van der Waals surface area contributed by atoms with Crippen LogP contribution in [0.5, 0.6) is 0 Å². The molecule has 0 saturated carbocycles. The Kier molecular flexibility index (Phi) is 14.3. The number of carbonyl (C=O) groups excluding carboxylic acids is 2. The monoisotopic (exact) mass is 684 g/mol. The van der Waals surface area contributed by atoms with E-state index in [1.165, 1.54) is 29.8 Å². The third kappa shape index (κ3) is 11.4. The highest BCUT2D eigenvalue weighted by Crippen LogP contribution is 2.29. The van der Waals surface area contributed by atoms with Gasteiger partial charge in [-0.15, -0.1) is 0 Å². The van der Waals surface area contributed by atoms with Crippen LogP contribution in [0.2, 0.25) is 0 Å². The van der Waals surface area contributed by atoms with Gasteiger partial charge in [0.05, 0.1) is 5.56 Å². The van der Waals surface area contributed by atoms with Gasteiger partial charge in [0.15, 0.2) is 0 Å². The maximum atomic E-state index is 14.5. The van der Waals surface area contributed by atoms with Crippen LogP contribution in [0.25, 0.3) is 6.08 Å². The molecule has 2 amide bonds. The van der Waals surface area contributed by atoms with Crippen LogP contribution in [0.3, 0.4) is 0 Å². The van der Waals surface area contributed by atoms with Gasteiger partial charge in [0.2, 0.25) is 11.8 Å². The van der Waals surface area contributed by atoms with Gasteiger partial charge in [-0.1, -0.05) is 87.5 Å². The molecule has 2 aromatic carbocycles. The lowest BCUT2D eigenvalue weighted by Gasteiger charge is -2.39. The van der Waals surface area contributed by atoms with E-state index in [1.54, 1.807) is 23.4 Å². The summed E-state index contributed by atoms with van der Waals surface area (Å²) in [7, 11) is 0. The zero-order valence-corrected chi connectivity index (χ0v) is 28.8. The molecule has 1 fully saturated rings. The van der Waals surface area contributed by atoms with Crippen molar-refractivity contribution in [1.29, 1.82) is 0 Å². The summed E-state index contributed by atoms with van der Waals surface area (Å²) in [4.78, 5) is 38.4. The molecular formula is C41H47F3N4O2. The van der Waals surface area contributed by atoms with Gasteiger partial charge in [0, 0.05) is 64.2 Å². The lowest BCUT2D eigenvalue weighted by molar-refractivity contribution is -0.145. The molecule has 0 N–H and O–H groups in total. The second-order valence-corrected chi connectivity index (χ2v) is 12.6. The lowest BCUT2D eigenvalue weighted by atomic mass is 10.0. The number of rotatable bonds is 16. The van der Waals surface area contributed by atoms with Crippen LogP contribution in [0.15, 0.2) is 116 Å². The molecule has 1 saturated heterocycles. The molecule has 50 heavy (non-hydrogen) atoms. The maximum Gasteiger partial charge on any atom is 0.416 e. The number of piperazine rings is 1. The number of hydrogen-bond donors (Lipinski definition) is 0. The average Bonchev–Trinajstić information content (AvgIpc) is 3.13. The lowest BCUT2D eigenvalue weighted by Crippen LogP contribution is -2.56. The molecule has 264 valence electrons. The Bertz CT molecular complexity index is 1610. The van der Waals surface area contributed by atoms with Crippen molar-refractivity contribution in [2.75, 3.05) is 32.7 Å². The molecule has 6 nitrogen and oxygen atoms in total. The van der Waals surface area contributed by atoms with E-state index in [1.807, 2.05) is 41.3 Å². The van der Waals surface area contributed by atoms with Crippen LogP contribution in [-0.2, 0) is 35.2 Å². The Hall–Kier alpha value is -4.76. The number of hydrogen-bond acceptors (Lipinski definition) is 4. The summed E-state index contributed by atoms with van der Waals surface area (Å²) < 4.78 is 39.4. The number of amides is 2. The minimum absolute atomic E-state index is 0.153. The first kappa shape index (κ1) is 38.0. The molecule has 0 bridgehead atoms. The van der Waals surface area contributed by atoms with Gasteiger partial charge < -0.3 is 9.80 Å². The molecule has 0 aliphatic carbocycles. The molecule has 1 aliphatic rings. The first-order chi connectivity index (χ1) is 24.1. The quantitative estimate of drug-likeness (QED) is 0.0874. The number of carbonyl (C=O) groups is 2. The highest BCUT2D eigenvalue weighted by molar-refractivity contribution is 5.95. The minimum Gasteiger partial charge on any atom is -0.338 e. The third-order valence-corrected chi connectivity index (χ3v) is 8.91. The van der Waals surface area contributed by atoms with Crippen molar-refractivity contribution in [3.05, 3.63) is 144 Å². The molecule has 2 heterocycles. The Morgan fingerprint density at radius 1 is 0.900 bits per heavy atom. The van der Waals surface area contributed by atoms with E-state index in [-0.39, 0.29) is 18.9 Å². The van der Waals surface area contributed by atoms with Gasteiger partial charge in [-0.3, -0.25) is 19.5 Å². The predicted molar refractivity (Wildman–Crippen MR) is 194 cm³/mol. The van der Waals surface area contributed by atoms with E-state index in [0.29, 0.717) is 38.3 Å². The van der Waals surface area contributed by atoms with Crippen LogP contribution in [0.4, 0.5) is 13.2 Å². The van der Waals surface area contributed by atoms with Crippen molar-refractivity contribution in [2.45, 2.75) is 57.8 Å². The second-order valence-electron chi connectivity index (χ2n) is 12.6. The minimum atomic E-state index is -4.46. The number of benzene rings is 2. The first-order valence-electron chi connectivity index (χ1n) is 17.2. The molecule has 0 spiro atoms. The van der Waals surface area contributed by atoms with Gasteiger partial charge in [-0.2, -0.15) is 13.2 Å². The molecule has 1 aliphatic heterocycles. The molecule has 4 rings (SSSR count). The van der Waals surface area contributed by atoms with Crippen molar-refractivity contribution in [3.8, 4) is 0 Å². The molecule has 0 radical (unpaired) electrons. The maximum absolute atomic E-state index is 14.5. The van der Waals surface area contributed by atoms with Crippen LogP contribution >= 0.6 is 0 Å². The summed E-state index contributed by atoms with van der Waals surface area (Å²) in [6.07, 6.45) is 11.8. The number of pyridine rings is 1. The van der Waals surface area contributed by atoms with Crippen LogP contribution in [-0.4, -0.2) is 70.3 Å². The third-order valence-electron chi connectivity index (χ3n) is 8.91. The summed E-state index contributed by atoms with van der Waals surface area (Å²) in [5.41, 5.74) is 3.68. The van der Waals surface area contributed by atoms with E-state index in [4.69, 9.17) is 0 Å². The fourth-order valence-corrected chi connectivity index (χ4v) is 5.98. The Labute approximate surface area is 294 Å². The second kappa shape index (κ2) is 18.9. The number of halogens is 3. The van der Waals surface area contributed by atoms with Gasteiger partial charge in [0.25, 0.3) is 0 Å². The van der Waals surface area contributed by atoms with Crippen molar-refractivity contribution in [2.24, 2.45) is 0 Å². The number of nitrogens with zero attached hydrogens (tertiary/aromatic N) is 4. The molecule has 9 heteroatoms. The Morgan fingerprint density at radius 3 is 2.16 bits per heavy atom. The van der Waals surface area contributed by atoms with E-state index in [2.05, 4.69) is 42.1 Å². The topological polar surface area (TPSA) is 56.8 Å². The predicted octanol–water partition coefficient (Wildman–Crippen LogP) is 7.93. The Morgan fingerprint density at radius 2 is 1.56 bits per heavy atom. The number of unbranched alkanes of at least 4 members (excludes halogenated alkanes) is 2. The standard InChI is InChI=1S/C41H47F3N4O2/c1-4-7-8-10-33-11-13-36(14-12-33)31-48(39(49)20-17-34-15-18-37(19-16-34)41(42,43)44)38(29-35-21-23-45-24-22-35)40(50)47-27-25-46(26-28-47)30-32(6-3)9-5-2/h5-6,9,11-24,38H,2-4,7-8,10,25-31H2,1H3/b20-17+,32-9+/t38-/m0/s1. The zero-order chi connectivity index (χ0) is 35.9. The summed E-state index contributed by atoms with van der Waals surface area (Å²) in [5, 5.41) is 0. The van der Waals surface area contributed by atoms with Crippen molar-refractivity contribution in [3.63, 3.8) is 0 Å². The van der Waals surface area contributed by atoms with Crippen LogP contribution in [0.1, 0.15) is 54.0 Å². The van der Waals surface area contributed by atoms with E-state index >= 15 is 0 Å². The molecule has 0 unspecified atom stereocenters. The van der Waals surface area contributed by atoms with E-state index in [0.717, 1.165) is 54.5 Å². The van der Waals surface area contributed by atoms with Gasteiger partial charge in [-0.05, 0) is 71.0 Å². The zero-order valence-electron chi connectivity index (χ0n) is 28.8. The highest BCUT2D eigenvalue weighted by Gasteiger charge is 2.34. The highest BCUT2D eigenvalue weighted by atomic mass is 19.4. The summed E-state index contributed by atoms with van der Waals surface area (Å²) in [6, 6.07) is 15.6. The fraction of sp³-hybridized carbons (Fsp3) is 0.341. The van der Waals surface area contributed by atoms with Gasteiger partial charge in [0.1, 0.15) is 6.04 Å². The summed E-state index contributed by atoms with van der Waals surface area (Å²) >= 11 is 0. The molecule has 1 atom stereocenters. The number of allylic oxidation sites excluding steroid dienone is 2. The van der Waals surface area contributed by atoms with Crippen molar-refractivity contribution >= 4 is 17.9 Å². The SMILES string of the molecule is C=C/C=C(\C=C)CN1CCN(C(=O)[C@H](Cc2ccncc2)N(Cc2ccc(CCCCC)cc2)C(=O)/C=C/c2ccc(C(F)(F)F)cc2)CC1. The normalized spacial score (nSPS) is 14.8. The van der Waals surface area contributed by atoms with E-state index in [9.17, 15) is 22.8 Å². The number of aryl methyl sites for hydroxylation is 1. The molecule has 3 aromatic rings. The number of aromatic nitrogens is 1. The van der Waals surface area contributed by atoms with Gasteiger partial charge >= 0.3 is 6.18 Å². The Balaban J connectivity index is 1.63. The fourth-order valence-electron chi connectivity index (χ4n) is 5.98. The average molecular weight is 685 g/mol. The van der Waals surface area contributed by atoms with Crippen molar-refractivity contribution in [1.82, 2.24) is 19.7 Å². The summed E-state index contributed by atoms with van der Waals surface area (Å²) in [5.74, 6) is -0.562. The van der Waals surface area contributed by atoms with Crippen molar-refractivity contribution < 1.29 is 22.8 Å². The van der Waals surface area contributed by atoms with Crippen LogP contribution < -0.4 is 0 Å². The molecular weight excluding hydrogens is 637 g/mol. The first-order valence-corrected chi connectivity index (χ1v) is 17.2. The summed E-state index contributed by atoms with van der Waals surface area (Å²) in [6.45, 7) is 13.0. The smallest absolute Gasteiger partial charge is 0.338 e. The van der Waals surface area contributed by atoms with Gasteiger partial charge in [-0.25, -0.2) is 0 Å². The largest absolute Gasteiger partial charge is 0.416 e. The molecule has 1 aromatic heterocycles.